The van der Waals surface area contributed by atoms with Gasteiger partial charge in [-0.05, 0) is 42.3 Å². The summed E-state index contributed by atoms with van der Waals surface area (Å²) in [6, 6.07) is 9.13. The summed E-state index contributed by atoms with van der Waals surface area (Å²) in [6.07, 6.45) is 3.34. The fourth-order valence-corrected chi connectivity index (χ4v) is 2.38. The number of aromatic nitrogens is 2. The fourth-order valence-electron chi connectivity index (χ4n) is 2.38. The van der Waals surface area contributed by atoms with Crippen LogP contribution in [0.1, 0.15) is 5.56 Å². The first kappa shape index (κ1) is 14.1. The highest BCUT2D eigenvalue weighted by atomic mass is 16.5. The zero-order valence-corrected chi connectivity index (χ0v) is 12.7. The number of ether oxygens (including phenoxy) is 2. The maximum atomic E-state index is 12.6. The molecule has 5 nitrogen and oxygen atoms in total. The van der Waals surface area contributed by atoms with Gasteiger partial charge in [0.1, 0.15) is 5.65 Å². The second-order valence-electron chi connectivity index (χ2n) is 4.98. The maximum absolute atomic E-state index is 12.6. The van der Waals surface area contributed by atoms with Crippen molar-refractivity contribution in [1.82, 2.24) is 9.38 Å². The van der Waals surface area contributed by atoms with Gasteiger partial charge in [-0.1, -0.05) is 6.07 Å². The minimum atomic E-state index is -0.114. The third-order valence-corrected chi connectivity index (χ3v) is 3.56. The fraction of sp³-hybridized carbons (Fsp3) is 0.176. The number of benzene rings is 1. The molecule has 0 amide bonds. The lowest BCUT2D eigenvalue weighted by Crippen LogP contribution is -2.16. The molecule has 0 fully saturated rings. The van der Waals surface area contributed by atoms with Gasteiger partial charge in [0.05, 0.1) is 19.8 Å². The lowest BCUT2D eigenvalue weighted by Gasteiger charge is -2.10. The van der Waals surface area contributed by atoms with E-state index in [-0.39, 0.29) is 5.56 Å². The molecule has 0 atom stereocenters. The molecule has 2 aromatic heterocycles. The van der Waals surface area contributed by atoms with Gasteiger partial charge in [-0.2, -0.15) is 0 Å². The van der Waals surface area contributed by atoms with Gasteiger partial charge in [0.25, 0.3) is 5.56 Å². The van der Waals surface area contributed by atoms with E-state index in [1.807, 2.05) is 25.1 Å². The van der Waals surface area contributed by atoms with Crippen LogP contribution in [0.25, 0.3) is 16.8 Å². The number of aryl methyl sites for hydroxylation is 1. The van der Waals surface area contributed by atoms with Crippen molar-refractivity contribution >= 4 is 5.65 Å². The molecule has 0 aliphatic rings. The number of rotatable bonds is 3. The molecule has 0 N–H and O–H groups in total. The van der Waals surface area contributed by atoms with E-state index in [0.717, 1.165) is 11.1 Å². The zero-order valence-electron chi connectivity index (χ0n) is 12.7. The molecule has 0 saturated heterocycles. The largest absolute Gasteiger partial charge is 0.493 e. The number of pyridine rings is 1. The van der Waals surface area contributed by atoms with E-state index < -0.39 is 0 Å². The highest BCUT2D eigenvalue weighted by Crippen LogP contribution is 2.31. The van der Waals surface area contributed by atoms with Crippen LogP contribution in [-0.2, 0) is 0 Å². The number of methoxy groups -OCH3 is 2. The first-order valence-electron chi connectivity index (χ1n) is 6.84. The van der Waals surface area contributed by atoms with E-state index in [9.17, 15) is 4.79 Å². The zero-order chi connectivity index (χ0) is 15.7. The Balaban J connectivity index is 2.20. The molecule has 2 heterocycles. The molecule has 5 heteroatoms. The summed E-state index contributed by atoms with van der Waals surface area (Å²) in [5.41, 5.74) is 2.84. The summed E-state index contributed by atoms with van der Waals surface area (Å²) < 4.78 is 12.0. The van der Waals surface area contributed by atoms with Crippen molar-refractivity contribution < 1.29 is 9.47 Å². The van der Waals surface area contributed by atoms with Crippen LogP contribution in [-0.4, -0.2) is 23.6 Å². The molecule has 0 radical (unpaired) electrons. The topological polar surface area (TPSA) is 52.8 Å². The van der Waals surface area contributed by atoms with Crippen LogP contribution in [0.3, 0.4) is 0 Å². The molecule has 0 unspecified atom stereocenters. The van der Waals surface area contributed by atoms with Gasteiger partial charge in [-0.3, -0.25) is 9.20 Å². The normalized spacial score (nSPS) is 10.7. The lowest BCUT2D eigenvalue weighted by molar-refractivity contribution is 0.355. The first-order valence-corrected chi connectivity index (χ1v) is 6.84. The lowest BCUT2D eigenvalue weighted by atomic mass is 10.1. The van der Waals surface area contributed by atoms with Crippen LogP contribution >= 0.6 is 0 Å². The predicted octanol–water partition coefficient (Wildman–Crippen LogP) is 2.69. The number of hydrogen-bond acceptors (Lipinski definition) is 4. The molecule has 0 saturated carbocycles. The molecule has 3 aromatic rings. The Labute approximate surface area is 127 Å². The SMILES string of the molecule is COc1ccc(-c2cnc3cc(C)ccn3c2=O)cc1OC. The van der Waals surface area contributed by atoms with Gasteiger partial charge in [0.15, 0.2) is 11.5 Å². The molecule has 1 aromatic carbocycles. The van der Waals surface area contributed by atoms with E-state index in [4.69, 9.17) is 9.47 Å². The Kier molecular flexibility index (Phi) is 3.55. The van der Waals surface area contributed by atoms with Gasteiger partial charge in [0, 0.05) is 12.4 Å². The van der Waals surface area contributed by atoms with Gasteiger partial charge >= 0.3 is 0 Å². The van der Waals surface area contributed by atoms with Crippen LogP contribution in [0.2, 0.25) is 0 Å². The molecule has 0 spiro atoms. The van der Waals surface area contributed by atoms with E-state index in [2.05, 4.69) is 4.98 Å². The van der Waals surface area contributed by atoms with Crippen molar-refractivity contribution in [1.29, 1.82) is 0 Å². The average Bonchev–Trinajstić information content (AvgIpc) is 2.54. The standard InChI is InChI=1S/C17H16N2O3/c1-11-6-7-19-16(8-11)18-10-13(17(19)20)12-4-5-14(21-2)15(9-12)22-3/h4-10H,1-3H3. The van der Waals surface area contributed by atoms with Crippen LogP contribution in [0.15, 0.2) is 47.5 Å². The van der Waals surface area contributed by atoms with E-state index >= 15 is 0 Å². The highest BCUT2D eigenvalue weighted by molar-refractivity contribution is 5.66. The van der Waals surface area contributed by atoms with Crippen molar-refractivity contribution in [3.8, 4) is 22.6 Å². The van der Waals surface area contributed by atoms with E-state index in [0.29, 0.717) is 22.7 Å². The summed E-state index contributed by atoms with van der Waals surface area (Å²) in [7, 11) is 3.14. The number of nitrogens with zero attached hydrogens (tertiary/aromatic N) is 2. The predicted molar refractivity (Wildman–Crippen MR) is 84.7 cm³/mol. The molecule has 0 aliphatic carbocycles. The Morgan fingerprint density at radius 3 is 2.55 bits per heavy atom. The molecule has 22 heavy (non-hydrogen) atoms. The highest BCUT2D eigenvalue weighted by Gasteiger charge is 2.11. The first-order chi connectivity index (χ1) is 10.6. The van der Waals surface area contributed by atoms with E-state index in [1.54, 1.807) is 43.1 Å². The van der Waals surface area contributed by atoms with Crippen molar-refractivity contribution in [2.75, 3.05) is 14.2 Å². The smallest absolute Gasteiger partial charge is 0.265 e. The molecular formula is C17H16N2O3. The Morgan fingerprint density at radius 1 is 1.05 bits per heavy atom. The molecule has 0 bridgehead atoms. The van der Waals surface area contributed by atoms with E-state index in [1.165, 1.54) is 0 Å². The van der Waals surface area contributed by atoms with Crippen molar-refractivity contribution in [2.24, 2.45) is 0 Å². The Morgan fingerprint density at radius 2 is 1.82 bits per heavy atom. The summed E-state index contributed by atoms with van der Waals surface area (Å²) in [5.74, 6) is 1.20. The van der Waals surface area contributed by atoms with Crippen LogP contribution in [0.5, 0.6) is 11.5 Å². The molecule has 3 rings (SSSR count). The molecule has 112 valence electrons. The summed E-state index contributed by atoms with van der Waals surface area (Å²) >= 11 is 0. The summed E-state index contributed by atoms with van der Waals surface area (Å²) in [6.45, 7) is 1.97. The second kappa shape index (κ2) is 5.52. The average molecular weight is 296 g/mol. The Hall–Kier alpha value is -2.82. The van der Waals surface area contributed by atoms with Crippen molar-refractivity contribution in [3.05, 3.63) is 58.6 Å². The minimum Gasteiger partial charge on any atom is -0.493 e. The number of fused-ring (bicyclic) bond motifs is 1. The second-order valence-corrected chi connectivity index (χ2v) is 4.98. The monoisotopic (exact) mass is 296 g/mol. The van der Waals surface area contributed by atoms with Gasteiger partial charge in [0.2, 0.25) is 0 Å². The third-order valence-electron chi connectivity index (χ3n) is 3.56. The molecular weight excluding hydrogens is 280 g/mol. The van der Waals surface area contributed by atoms with Gasteiger partial charge < -0.3 is 9.47 Å². The van der Waals surface area contributed by atoms with Crippen LogP contribution in [0.4, 0.5) is 0 Å². The number of hydrogen-bond donors (Lipinski definition) is 0. The van der Waals surface area contributed by atoms with Crippen LogP contribution in [0, 0.1) is 6.92 Å². The summed E-state index contributed by atoms with van der Waals surface area (Å²) in [4.78, 5) is 17.0. The molecule has 0 aliphatic heterocycles. The summed E-state index contributed by atoms with van der Waals surface area (Å²) in [5, 5.41) is 0. The minimum absolute atomic E-state index is 0.114. The maximum Gasteiger partial charge on any atom is 0.265 e. The van der Waals surface area contributed by atoms with Crippen molar-refractivity contribution in [2.45, 2.75) is 6.92 Å². The third kappa shape index (κ3) is 2.30. The van der Waals surface area contributed by atoms with Gasteiger partial charge in [-0.25, -0.2) is 4.98 Å². The van der Waals surface area contributed by atoms with Gasteiger partial charge in [-0.15, -0.1) is 0 Å². The van der Waals surface area contributed by atoms with Crippen molar-refractivity contribution in [3.63, 3.8) is 0 Å². The quantitative estimate of drug-likeness (QED) is 0.745. The van der Waals surface area contributed by atoms with Crippen LogP contribution < -0.4 is 15.0 Å². The Bertz CT molecular complexity index is 900.